The van der Waals surface area contributed by atoms with Crippen molar-refractivity contribution in [2.45, 2.75) is 4.90 Å². The second-order valence-electron chi connectivity index (χ2n) is 5.62. The smallest absolute Gasteiger partial charge is 0.243 e. The van der Waals surface area contributed by atoms with Gasteiger partial charge in [-0.3, -0.25) is 4.79 Å². The van der Waals surface area contributed by atoms with Gasteiger partial charge in [0, 0.05) is 39.3 Å². The van der Waals surface area contributed by atoms with Crippen LogP contribution in [0.4, 0.5) is 0 Å². The highest BCUT2D eigenvalue weighted by Gasteiger charge is 2.33. The van der Waals surface area contributed by atoms with Crippen LogP contribution < -0.4 is 10.1 Å². The summed E-state index contributed by atoms with van der Waals surface area (Å²) in [5, 5.41) is 2.61. The van der Waals surface area contributed by atoms with E-state index in [2.05, 4.69) is 5.32 Å². The molecule has 1 heterocycles. The zero-order chi connectivity index (χ0) is 17.0. The van der Waals surface area contributed by atoms with E-state index in [4.69, 9.17) is 4.74 Å². The van der Waals surface area contributed by atoms with Gasteiger partial charge in [-0.25, -0.2) is 8.42 Å². The second kappa shape index (κ2) is 7.29. The first-order chi connectivity index (χ1) is 10.9. The molecule has 1 aromatic rings. The molecule has 1 atom stereocenters. The highest BCUT2D eigenvalue weighted by molar-refractivity contribution is 7.89. The number of ether oxygens (including phenoxy) is 1. The number of amides is 1. The number of methoxy groups -OCH3 is 1. The normalized spacial score (nSPS) is 20.7. The predicted octanol–water partition coefficient (Wildman–Crippen LogP) is -0.00650. The highest BCUT2D eigenvalue weighted by atomic mass is 32.2. The summed E-state index contributed by atoms with van der Waals surface area (Å²) in [5.41, 5.74) is 0. The number of benzene rings is 1. The molecule has 0 radical (unpaired) electrons. The topological polar surface area (TPSA) is 79.0 Å². The summed E-state index contributed by atoms with van der Waals surface area (Å²) in [6, 6.07) is 6.38. The summed E-state index contributed by atoms with van der Waals surface area (Å²) < 4.78 is 32.3. The minimum atomic E-state index is -3.67. The van der Waals surface area contributed by atoms with Gasteiger partial charge in [0.2, 0.25) is 15.9 Å². The van der Waals surface area contributed by atoms with E-state index < -0.39 is 15.9 Å². The Bertz CT molecular complexity index is 662. The Morgan fingerprint density at radius 2 is 2.04 bits per heavy atom. The number of nitrogens with one attached hydrogen (secondary N) is 1. The molecule has 1 aliphatic heterocycles. The Hall–Kier alpha value is -1.64. The van der Waals surface area contributed by atoms with Crippen LogP contribution in [0.1, 0.15) is 0 Å². The summed E-state index contributed by atoms with van der Waals surface area (Å²) in [4.78, 5) is 14.1. The van der Waals surface area contributed by atoms with Crippen LogP contribution in [-0.4, -0.2) is 70.9 Å². The van der Waals surface area contributed by atoms with Crippen molar-refractivity contribution < 1.29 is 17.9 Å². The van der Waals surface area contributed by atoms with Crippen LogP contribution in [0.25, 0.3) is 0 Å². The van der Waals surface area contributed by atoms with Crippen molar-refractivity contribution >= 4 is 15.9 Å². The summed E-state index contributed by atoms with van der Waals surface area (Å²) in [6.45, 7) is 1.63. The van der Waals surface area contributed by atoms with E-state index in [9.17, 15) is 13.2 Å². The van der Waals surface area contributed by atoms with Gasteiger partial charge in [-0.2, -0.15) is 4.31 Å². The van der Waals surface area contributed by atoms with E-state index in [0.29, 0.717) is 25.4 Å². The third-order valence-electron chi connectivity index (χ3n) is 3.98. The molecule has 23 heavy (non-hydrogen) atoms. The molecule has 7 nitrogen and oxygen atoms in total. The number of hydrogen-bond acceptors (Lipinski definition) is 5. The summed E-state index contributed by atoms with van der Waals surface area (Å²) in [5.74, 6) is -0.0571. The number of sulfonamides is 1. The van der Waals surface area contributed by atoms with Gasteiger partial charge in [0.1, 0.15) is 5.75 Å². The van der Waals surface area contributed by atoms with Crippen LogP contribution in [-0.2, 0) is 14.8 Å². The maximum atomic E-state index is 12.9. The van der Waals surface area contributed by atoms with Crippen molar-refractivity contribution in [1.82, 2.24) is 14.5 Å². The molecule has 2 rings (SSSR count). The average Bonchev–Trinajstić information content (AvgIpc) is 2.76. The predicted molar refractivity (Wildman–Crippen MR) is 86.8 cm³/mol. The number of carbonyl (C=O) groups is 1. The summed E-state index contributed by atoms with van der Waals surface area (Å²) in [6.07, 6.45) is 0. The van der Waals surface area contributed by atoms with Gasteiger partial charge >= 0.3 is 0 Å². The van der Waals surface area contributed by atoms with Gasteiger partial charge in [-0.15, -0.1) is 0 Å². The van der Waals surface area contributed by atoms with Crippen molar-refractivity contribution in [2.24, 2.45) is 5.92 Å². The molecule has 0 aromatic heterocycles. The van der Waals surface area contributed by atoms with Crippen LogP contribution in [0.5, 0.6) is 5.75 Å². The monoisotopic (exact) mass is 341 g/mol. The van der Waals surface area contributed by atoms with Crippen LogP contribution in [0.3, 0.4) is 0 Å². The van der Waals surface area contributed by atoms with Crippen LogP contribution in [0, 0.1) is 5.92 Å². The highest BCUT2D eigenvalue weighted by Crippen LogP contribution is 2.23. The molecule has 0 bridgehead atoms. The quantitative estimate of drug-likeness (QED) is 0.834. The Morgan fingerprint density at radius 1 is 1.30 bits per heavy atom. The van der Waals surface area contributed by atoms with Crippen molar-refractivity contribution in [3.05, 3.63) is 24.3 Å². The van der Waals surface area contributed by atoms with E-state index >= 15 is 0 Å². The van der Waals surface area contributed by atoms with Crippen LogP contribution in [0.2, 0.25) is 0 Å². The molecule has 1 saturated heterocycles. The molecule has 8 heteroatoms. The number of hydrogen-bond donors (Lipinski definition) is 1. The minimum Gasteiger partial charge on any atom is -0.497 e. The zero-order valence-corrected chi connectivity index (χ0v) is 14.5. The molecular formula is C15H23N3O4S. The van der Waals surface area contributed by atoms with Crippen molar-refractivity contribution in [3.8, 4) is 5.75 Å². The maximum absolute atomic E-state index is 12.9. The fraction of sp³-hybridized carbons (Fsp3) is 0.533. The Balaban J connectivity index is 2.31. The standard InChI is InChI=1S/C15H23N3O4S/c1-16-15(19)12-10-17(2)7-8-18(11-12)23(20,21)14-6-4-5-13(9-14)22-3/h4-6,9,12H,7-8,10-11H2,1-3H3,(H,16,19)/t12-/m1/s1. The number of rotatable bonds is 4. The van der Waals surface area contributed by atoms with E-state index in [-0.39, 0.29) is 17.3 Å². The fourth-order valence-corrected chi connectivity index (χ4v) is 4.16. The van der Waals surface area contributed by atoms with Gasteiger partial charge in [0.25, 0.3) is 0 Å². The third-order valence-corrected chi connectivity index (χ3v) is 5.84. The molecule has 128 valence electrons. The number of carbonyl (C=O) groups excluding carboxylic acids is 1. The van der Waals surface area contributed by atoms with Gasteiger partial charge in [0.05, 0.1) is 17.9 Å². The molecule has 0 spiro atoms. The van der Waals surface area contributed by atoms with Crippen molar-refractivity contribution in [2.75, 3.05) is 47.4 Å². The Labute approximate surface area is 137 Å². The first kappa shape index (κ1) is 17.7. The lowest BCUT2D eigenvalue weighted by Crippen LogP contribution is -2.41. The van der Waals surface area contributed by atoms with E-state index in [1.165, 1.54) is 17.5 Å². The summed E-state index contributed by atoms with van der Waals surface area (Å²) in [7, 11) is 1.28. The number of likely N-dealkylation sites (N-methyl/N-ethyl adjacent to an activating group) is 1. The molecule has 0 unspecified atom stereocenters. The molecule has 0 aliphatic carbocycles. The molecule has 1 N–H and O–H groups in total. The average molecular weight is 341 g/mol. The van der Waals surface area contributed by atoms with Crippen molar-refractivity contribution in [3.63, 3.8) is 0 Å². The molecule has 1 aliphatic rings. The van der Waals surface area contributed by atoms with E-state index in [1.807, 2.05) is 11.9 Å². The first-order valence-electron chi connectivity index (χ1n) is 7.43. The first-order valence-corrected chi connectivity index (χ1v) is 8.87. The van der Waals surface area contributed by atoms with E-state index in [0.717, 1.165) is 0 Å². The third kappa shape index (κ3) is 4.01. The SMILES string of the molecule is CNC(=O)[C@@H]1CN(C)CCN(S(=O)(=O)c2cccc(OC)c2)C1. The maximum Gasteiger partial charge on any atom is 0.243 e. The van der Waals surface area contributed by atoms with Gasteiger partial charge < -0.3 is 15.0 Å². The fourth-order valence-electron chi connectivity index (χ4n) is 2.64. The van der Waals surface area contributed by atoms with Gasteiger partial charge in [-0.05, 0) is 19.2 Å². The lowest BCUT2D eigenvalue weighted by atomic mass is 10.1. The van der Waals surface area contributed by atoms with Crippen LogP contribution in [0.15, 0.2) is 29.2 Å². The Kier molecular flexibility index (Phi) is 5.61. The van der Waals surface area contributed by atoms with Gasteiger partial charge in [-0.1, -0.05) is 6.07 Å². The van der Waals surface area contributed by atoms with Crippen LogP contribution >= 0.6 is 0 Å². The molecule has 1 amide bonds. The Morgan fingerprint density at radius 3 is 2.70 bits per heavy atom. The molecular weight excluding hydrogens is 318 g/mol. The van der Waals surface area contributed by atoms with Gasteiger partial charge in [0.15, 0.2) is 0 Å². The summed E-state index contributed by atoms with van der Waals surface area (Å²) >= 11 is 0. The second-order valence-corrected chi connectivity index (χ2v) is 7.55. The lowest BCUT2D eigenvalue weighted by molar-refractivity contribution is -0.124. The largest absolute Gasteiger partial charge is 0.497 e. The van der Waals surface area contributed by atoms with Crippen molar-refractivity contribution in [1.29, 1.82) is 0 Å². The molecule has 1 aromatic carbocycles. The number of nitrogens with zero attached hydrogens (tertiary/aromatic N) is 2. The molecule has 0 saturated carbocycles. The lowest BCUT2D eigenvalue weighted by Gasteiger charge is -2.23. The molecule has 1 fully saturated rings. The minimum absolute atomic E-state index is 0.149. The van der Waals surface area contributed by atoms with E-state index in [1.54, 1.807) is 25.2 Å². The zero-order valence-electron chi connectivity index (χ0n) is 13.7.